The highest BCUT2D eigenvalue weighted by atomic mass is 19.4. The number of aliphatic hydroxyl groups is 1. The van der Waals surface area contributed by atoms with Crippen LogP contribution in [0.3, 0.4) is 0 Å². The summed E-state index contributed by atoms with van der Waals surface area (Å²) in [5, 5.41) is 7.92. The van der Waals surface area contributed by atoms with Crippen molar-refractivity contribution in [3.63, 3.8) is 0 Å². The maximum absolute atomic E-state index is 11.3. The molecule has 0 aromatic rings. The third-order valence-electron chi connectivity index (χ3n) is 0.700. The van der Waals surface area contributed by atoms with E-state index in [1.165, 1.54) is 0 Å². The molecule has 0 amide bonds. The van der Waals surface area contributed by atoms with Crippen LogP contribution in [-0.4, -0.2) is 11.3 Å². The second-order valence-corrected chi connectivity index (χ2v) is 1.54. The fourth-order valence-corrected chi connectivity index (χ4v) is 0.322. The smallest absolute Gasteiger partial charge is 0.389 e. The highest BCUT2D eigenvalue weighted by molar-refractivity contribution is 4.72. The second kappa shape index (κ2) is 3.37. The fraction of sp³-hybridized carbons (Fsp3) is 0.600. The first-order chi connectivity index (χ1) is 4.06. The van der Waals surface area contributed by atoms with Crippen LogP contribution in [0.1, 0.15) is 12.8 Å². The minimum Gasteiger partial charge on any atom is -0.516 e. The van der Waals surface area contributed by atoms with Crippen LogP contribution in [0.15, 0.2) is 12.3 Å². The Morgan fingerprint density at radius 3 is 2.22 bits per heavy atom. The van der Waals surface area contributed by atoms with Gasteiger partial charge in [0, 0.05) is 6.42 Å². The molecule has 0 fully saturated rings. The van der Waals surface area contributed by atoms with E-state index in [9.17, 15) is 13.2 Å². The Labute approximate surface area is 50.8 Å². The van der Waals surface area contributed by atoms with Crippen molar-refractivity contribution in [2.45, 2.75) is 19.0 Å². The molecule has 54 valence electrons. The standard InChI is InChI=1S/C5H7F3O/c6-5(7,8)3-1-2-4-9/h2,4,9H,1,3H2/b4-2+. The van der Waals surface area contributed by atoms with Gasteiger partial charge in [-0.25, -0.2) is 0 Å². The van der Waals surface area contributed by atoms with Crippen molar-refractivity contribution in [3.8, 4) is 0 Å². The molecule has 0 heterocycles. The molecule has 0 unspecified atom stereocenters. The number of halogens is 3. The maximum Gasteiger partial charge on any atom is 0.389 e. The average Bonchev–Trinajstić information content (AvgIpc) is 1.63. The number of hydrogen-bond acceptors (Lipinski definition) is 1. The van der Waals surface area contributed by atoms with E-state index >= 15 is 0 Å². The van der Waals surface area contributed by atoms with Crippen molar-refractivity contribution in [2.24, 2.45) is 0 Å². The van der Waals surface area contributed by atoms with Crippen LogP contribution < -0.4 is 0 Å². The first-order valence-electron chi connectivity index (χ1n) is 2.42. The Morgan fingerprint density at radius 1 is 1.33 bits per heavy atom. The molecular weight excluding hydrogens is 133 g/mol. The molecule has 4 heteroatoms. The van der Waals surface area contributed by atoms with Crippen LogP contribution in [-0.2, 0) is 0 Å². The molecule has 0 bridgehead atoms. The number of aliphatic hydroxyl groups excluding tert-OH is 1. The quantitative estimate of drug-likeness (QED) is 0.584. The Hall–Kier alpha value is -0.670. The van der Waals surface area contributed by atoms with Crippen LogP contribution in [0.2, 0.25) is 0 Å². The molecule has 0 saturated heterocycles. The van der Waals surface area contributed by atoms with Gasteiger partial charge in [-0.05, 0) is 12.5 Å². The molecule has 0 aliphatic rings. The Morgan fingerprint density at radius 2 is 1.89 bits per heavy atom. The van der Waals surface area contributed by atoms with E-state index in [-0.39, 0.29) is 6.42 Å². The van der Waals surface area contributed by atoms with E-state index < -0.39 is 12.6 Å². The third-order valence-corrected chi connectivity index (χ3v) is 0.700. The maximum atomic E-state index is 11.3. The first-order valence-corrected chi connectivity index (χ1v) is 2.42. The molecule has 0 aromatic heterocycles. The number of allylic oxidation sites excluding steroid dienone is 1. The van der Waals surface area contributed by atoms with Crippen LogP contribution in [0, 0.1) is 0 Å². The lowest BCUT2D eigenvalue weighted by molar-refractivity contribution is -0.133. The molecule has 0 saturated carbocycles. The number of hydrogen-bond donors (Lipinski definition) is 1. The SMILES string of the molecule is O/C=C/CCC(F)(F)F. The molecule has 0 rings (SSSR count). The fourth-order valence-electron chi connectivity index (χ4n) is 0.322. The summed E-state index contributed by atoms with van der Waals surface area (Å²) >= 11 is 0. The lowest BCUT2D eigenvalue weighted by Gasteiger charge is -2.00. The second-order valence-electron chi connectivity index (χ2n) is 1.54. The Balaban J connectivity index is 3.28. The summed E-state index contributed by atoms with van der Waals surface area (Å²) in [6.45, 7) is 0. The van der Waals surface area contributed by atoms with Gasteiger partial charge in [0.1, 0.15) is 0 Å². The van der Waals surface area contributed by atoms with Crippen molar-refractivity contribution < 1.29 is 18.3 Å². The normalized spacial score (nSPS) is 12.8. The summed E-state index contributed by atoms with van der Waals surface area (Å²) in [7, 11) is 0. The molecule has 0 aromatic carbocycles. The Bertz CT molecular complexity index is 94.9. The summed E-state index contributed by atoms with van der Waals surface area (Å²) in [5.74, 6) is 0. The molecular formula is C5H7F3O. The average molecular weight is 140 g/mol. The predicted octanol–water partition coefficient (Wildman–Crippen LogP) is 2.40. The van der Waals surface area contributed by atoms with Crippen molar-refractivity contribution in [1.29, 1.82) is 0 Å². The molecule has 9 heavy (non-hydrogen) atoms. The number of rotatable bonds is 2. The van der Waals surface area contributed by atoms with Crippen LogP contribution in [0.5, 0.6) is 0 Å². The zero-order valence-electron chi connectivity index (χ0n) is 4.65. The molecule has 0 aliphatic carbocycles. The largest absolute Gasteiger partial charge is 0.516 e. The summed E-state index contributed by atoms with van der Waals surface area (Å²) in [6.07, 6.45) is -3.46. The zero-order chi connectivity index (χ0) is 7.33. The molecule has 0 aliphatic heterocycles. The third kappa shape index (κ3) is 7.33. The van der Waals surface area contributed by atoms with E-state index in [0.29, 0.717) is 6.26 Å². The van der Waals surface area contributed by atoms with Crippen LogP contribution in [0.4, 0.5) is 13.2 Å². The van der Waals surface area contributed by atoms with Crippen molar-refractivity contribution in [2.75, 3.05) is 0 Å². The highest BCUT2D eigenvalue weighted by Crippen LogP contribution is 2.21. The monoisotopic (exact) mass is 140 g/mol. The molecule has 0 atom stereocenters. The van der Waals surface area contributed by atoms with Crippen LogP contribution in [0.25, 0.3) is 0 Å². The molecule has 1 N–H and O–H groups in total. The van der Waals surface area contributed by atoms with Gasteiger partial charge in [-0.15, -0.1) is 0 Å². The van der Waals surface area contributed by atoms with E-state index in [1.807, 2.05) is 0 Å². The van der Waals surface area contributed by atoms with E-state index in [1.54, 1.807) is 0 Å². The summed E-state index contributed by atoms with van der Waals surface area (Å²) in [5.41, 5.74) is 0. The van der Waals surface area contributed by atoms with E-state index in [2.05, 4.69) is 0 Å². The lowest BCUT2D eigenvalue weighted by Crippen LogP contribution is -2.05. The van der Waals surface area contributed by atoms with Gasteiger partial charge in [-0.2, -0.15) is 13.2 Å². The highest BCUT2D eigenvalue weighted by Gasteiger charge is 2.25. The van der Waals surface area contributed by atoms with Crippen molar-refractivity contribution >= 4 is 0 Å². The van der Waals surface area contributed by atoms with Gasteiger partial charge >= 0.3 is 6.18 Å². The minimum atomic E-state index is -4.11. The van der Waals surface area contributed by atoms with Crippen LogP contribution >= 0.6 is 0 Å². The van der Waals surface area contributed by atoms with Gasteiger partial charge < -0.3 is 5.11 Å². The van der Waals surface area contributed by atoms with E-state index in [0.717, 1.165) is 6.08 Å². The lowest BCUT2D eigenvalue weighted by atomic mass is 10.3. The molecule has 1 nitrogen and oxygen atoms in total. The van der Waals surface area contributed by atoms with Gasteiger partial charge in [0.15, 0.2) is 0 Å². The zero-order valence-corrected chi connectivity index (χ0v) is 4.65. The van der Waals surface area contributed by atoms with Gasteiger partial charge in [0.05, 0.1) is 6.26 Å². The summed E-state index contributed by atoms with van der Waals surface area (Å²) in [6, 6.07) is 0. The van der Waals surface area contributed by atoms with Crippen molar-refractivity contribution in [1.82, 2.24) is 0 Å². The van der Waals surface area contributed by atoms with Gasteiger partial charge in [-0.3, -0.25) is 0 Å². The molecule has 0 spiro atoms. The number of alkyl halides is 3. The van der Waals surface area contributed by atoms with Gasteiger partial charge in [-0.1, -0.05) is 0 Å². The topological polar surface area (TPSA) is 20.2 Å². The van der Waals surface area contributed by atoms with Gasteiger partial charge in [0.25, 0.3) is 0 Å². The van der Waals surface area contributed by atoms with Gasteiger partial charge in [0.2, 0.25) is 0 Å². The van der Waals surface area contributed by atoms with E-state index in [4.69, 9.17) is 5.11 Å². The molecule has 0 radical (unpaired) electrons. The predicted molar refractivity (Wildman–Crippen MR) is 27.1 cm³/mol. The first kappa shape index (κ1) is 8.33. The Kier molecular flexibility index (Phi) is 3.12. The summed E-state index contributed by atoms with van der Waals surface area (Å²) < 4.78 is 33.8. The van der Waals surface area contributed by atoms with Crippen molar-refractivity contribution in [3.05, 3.63) is 12.3 Å². The minimum absolute atomic E-state index is 0.153. The summed E-state index contributed by atoms with van der Waals surface area (Å²) in [4.78, 5) is 0.